The van der Waals surface area contributed by atoms with Crippen LogP contribution in [0.15, 0.2) is 45.7 Å². The number of hydrogen-bond acceptors (Lipinski definition) is 8. The van der Waals surface area contributed by atoms with Crippen molar-refractivity contribution in [3.63, 3.8) is 0 Å². The van der Waals surface area contributed by atoms with Gasteiger partial charge in [0, 0.05) is 6.42 Å². The maximum atomic E-state index is 13.6. The largest absolute Gasteiger partial charge is 0.303 e. The molecule has 3 unspecified atom stereocenters. The first-order valence-corrected chi connectivity index (χ1v) is 11.4. The van der Waals surface area contributed by atoms with Gasteiger partial charge in [0.25, 0.3) is 0 Å². The molecule has 8 nitrogen and oxygen atoms in total. The molecule has 2 fully saturated rings. The van der Waals surface area contributed by atoms with Crippen LogP contribution in [0.4, 0.5) is 0 Å². The normalized spacial score (nSPS) is 34.2. The summed E-state index contributed by atoms with van der Waals surface area (Å²) in [5.74, 6) is 0.275. The molecule has 0 aliphatic heterocycles. The minimum Gasteiger partial charge on any atom is -0.303 e. The maximum absolute atomic E-state index is 13.6. The average molecular weight is 439 g/mol. The van der Waals surface area contributed by atoms with E-state index in [2.05, 4.69) is 29.2 Å². The minimum atomic E-state index is -1.09. The number of ketones is 1. The molecule has 2 saturated carbocycles. The summed E-state index contributed by atoms with van der Waals surface area (Å²) < 4.78 is 0. The molecule has 1 aromatic carbocycles. The highest BCUT2D eigenvalue weighted by Gasteiger charge is 2.68. The Hall–Kier alpha value is -2.64. The summed E-state index contributed by atoms with van der Waals surface area (Å²) in [5.41, 5.74) is 20.8. The summed E-state index contributed by atoms with van der Waals surface area (Å²) in [6.45, 7) is 6.10. The molecule has 2 aliphatic carbocycles. The van der Waals surface area contributed by atoms with Crippen LogP contribution in [0, 0.1) is 33.3 Å². The number of carbonyl (C=O) groups excluding carboxylic acids is 2. The van der Waals surface area contributed by atoms with Gasteiger partial charge in [-0.05, 0) is 50.0 Å². The number of rotatable bonds is 9. The monoisotopic (exact) mass is 438 g/mol. The number of carbonyl (C=O) groups is 2. The Kier molecular flexibility index (Phi) is 6.54. The average Bonchev–Trinajstić information content (AvgIpc) is 3.07. The molecule has 0 radical (unpaired) electrons. The van der Waals surface area contributed by atoms with Gasteiger partial charge in [0.15, 0.2) is 5.78 Å². The van der Waals surface area contributed by atoms with Crippen molar-refractivity contribution in [3.05, 3.63) is 35.9 Å². The van der Waals surface area contributed by atoms with E-state index in [1.165, 1.54) is 0 Å². The minimum absolute atomic E-state index is 0.152. The Labute approximate surface area is 189 Å². The van der Waals surface area contributed by atoms with Crippen molar-refractivity contribution >= 4 is 12.1 Å². The van der Waals surface area contributed by atoms with Crippen molar-refractivity contribution in [2.24, 2.45) is 32.1 Å². The zero-order valence-electron chi connectivity index (χ0n) is 19.2. The Morgan fingerprint density at radius 1 is 1.09 bits per heavy atom. The fourth-order valence-electron chi connectivity index (χ4n) is 6.07. The summed E-state index contributed by atoms with van der Waals surface area (Å²) in [4.78, 5) is 25.9. The third-order valence-corrected chi connectivity index (χ3v) is 8.36. The number of hydrogen-bond donors (Lipinski definition) is 3. The van der Waals surface area contributed by atoms with Crippen LogP contribution >= 0.6 is 0 Å². The van der Waals surface area contributed by atoms with Gasteiger partial charge in [-0.3, -0.25) is 4.79 Å². The van der Waals surface area contributed by atoms with Crippen molar-refractivity contribution < 1.29 is 9.59 Å². The van der Waals surface area contributed by atoms with E-state index in [-0.39, 0.29) is 12.2 Å². The van der Waals surface area contributed by atoms with E-state index in [1.807, 2.05) is 37.3 Å². The third kappa shape index (κ3) is 3.35. The van der Waals surface area contributed by atoms with Gasteiger partial charge in [0.05, 0.1) is 16.4 Å². The molecule has 0 bridgehead atoms. The predicted molar refractivity (Wildman–Crippen MR) is 119 cm³/mol. The number of Topliss-reactive ketones (excluding diaryl/α,β-unsaturated/α-hetero) is 1. The number of nitrogens with zero attached hydrogens (tertiary/aromatic N) is 3. The molecule has 3 rings (SSSR count). The highest BCUT2D eigenvalue weighted by Crippen LogP contribution is 2.64. The number of aldehydes is 1. The van der Waals surface area contributed by atoms with Gasteiger partial charge >= 0.3 is 0 Å². The Morgan fingerprint density at radius 3 is 2.19 bits per heavy atom. The van der Waals surface area contributed by atoms with Gasteiger partial charge in [-0.1, -0.05) is 51.1 Å². The summed E-state index contributed by atoms with van der Waals surface area (Å²) >= 11 is 0. The van der Waals surface area contributed by atoms with Gasteiger partial charge in [-0.2, -0.15) is 15.3 Å². The molecule has 0 saturated heterocycles. The zero-order valence-corrected chi connectivity index (χ0v) is 19.2. The van der Waals surface area contributed by atoms with E-state index in [1.54, 1.807) is 0 Å². The van der Waals surface area contributed by atoms with E-state index in [4.69, 9.17) is 16.6 Å². The lowest BCUT2D eigenvalue weighted by Crippen LogP contribution is -2.55. The predicted octanol–water partition coefficient (Wildman–Crippen LogP) is 6.26. The van der Waals surface area contributed by atoms with Gasteiger partial charge in [-0.25, -0.2) is 16.6 Å². The molecule has 0 amide bonds. The zero-order chi connectivity index (χ0) is 23.6. The molecule has 3 atom stereocenters. The van der Waals surface area contributed by atoms with E-state index >= 15 is 0 Å². The quantitative estimate of drug-likeness (QED) is 0.309. The molecular formula is C24H34N6O2. The van der Waals surface area contributed by atoms with Crippen molar-refractivity contribution in [2.75, 3.05) is 0 Å². The lowest BCUT2D eigenvalue weighted by atomic mass is 9.53. The number of nitrogens with one attached hydrogen (secondary N) is 3. The summed E-state index contributed by atoms with van der Waals surface area (Å²) in [6, 6.07) is 8.55. The highest BCUT2D eigenvalue weighted by atomic mass is 16.1. The van der Waals surface area contributed by atoms with Crippen LogP contribution in [-0.2, 0) is 15.1 Å². The van der Waals surface area contributed by atoms with E-state index in [9.17, 15) is 9.59 Å². The molecule has 0 aromatic heterocycles. The van der Waals surface area contributed by atoms with Crippen LogP contribution in [0.5, 0.6) is 0 Å². The van der Waals surface area contributed by atoms with Crippen LogP contribution in [0.1, 0.15) is 71.3 Å². The van der Waals surface area contributed by atoms with E-state index < -0.39 is 27.9 Å². The fourth-order valence-corrected chi connectivity index (χ4v) is 6.07. The van der Waals surface area contributed by atoms with Gasteiger partial charge in [0.1, 0.15) is 17.9 Å². The van der Waals surface area contributed by atoms with E-state index in [0.717, 1.165) is 18.3 Å². The lowest BCUT2D eigenvalue weighted by Gasteiger charge is -2.52. The van der Waals surface area contributed by atoms with Gasteiger partial charge < -0.3 is 4.79 Å². The second-order valence-electron chi connectivity index (χ2n) is 10.2. The molecule has 1 spiro atoms. The third-order valence-electron chi connectivity index (χ3n) is 8.36. The standard InChI is InChI=1S/C24H34N6O2/c1-17(2)9-10-21(3,16-31)23(29-26)13-11-22(12-14-23)20(32)19(28-25)15-24(22,30-27)18-7-5-4-6-8-18/h4-8,16-17,19,25-27H,9-15H2,1-3H3. The topological polar surface area (TPSA) is 143 Å². The first-order chi connectivity index (χ1) is 15.2. The molecule has 3 N–H and O–H groups in total. The van der Waals surface area contributed by atoms with Crippen molar-refractivity contribution in [2.45, 2.75) is 82.8 Å². The summed E-state index contributed by atoms with van der Waals surface area (Å²) in [6.07, 6.45) is 4.15. The molecule has 0 heterocycles. The first-order valence-electron chi connectivity index (χ1n) is 11.4. The fraction of sp³-hybridized carbons (Fsp3) is 0.667. The molecule has 2 aliphatic rings. The summed E-state index contributed by atoms with van der Waals surface area (Å²) in [5, 5.41) is 11.7. The van der Waals surface area contributed by atoms with Crippen LogP contribution in [0.2, 0.25) is 0 Å². The SMILES string of the molecule is CC(C)CCC(C)(C=O)C1(N=N)CCC2(CC1)C(=O)C(N=N)CC2(N=N)c1ccccc1. The smallest absolute Gasteiger partial charge is 0.168 e. The van der Waals surface area contributed by atoms with E-state index in [0.29, 0.717) is 38.0 Å². The molecular weight excluding hydrogens is 404 g/mol. The summed E-state index contributed by atoms with van der Waals surface area (Å²) in [7, 11) is 0. The molecule has 1 aromatic rings. The van der Waals surface area contributed by atoms with Gasteiger partial charge in [-0.15, -0.1) is 0 Å². The second kappa shape index (κ2) is 8.71. The highest BCUT2D eigenvalue weighted by molar-refractivity contribution is 5.94. The molecule has 8 heteroatoms. The van der Waals surface area contributed by atoms with Crippen molar-refractivity contribution in [1.82, 2.24) is 0 Å². The van der Waals surface area contributed by atoms with Crippen molar-refractivity contribution in [3.8, 4) is 0 Å². The first kappa shape index (κ1) is 24.0. The second-order valence-corrected chi connectivity index (χ2v) is 10.2. The number of benzene rings is 1. The van der Waals surface area contributed by atoms with Crippen LogP contribution < -0.4 is 0 Å². The molecule has 172 valence electrons. The van der Waals surface area contributed by atoms with Gasteiger partial charge in [0.2, 0.25) is 0 Å². The Bertz CT molecular complexity index is 893. The van der Waals surface area contributed by atoms with Crippen LogP contribution in [-0.4, -0.2) is 23.7 Å². The van der Waals surface area contributed by atoms with Crippen LogP contribution in [0.25, 0.3) is 0 Å². The Balaban J connectivity index is 2.04. The lowest BCUT2D eigenvalue weighted by molar-refractivity contribution is -0.134. The van der Waals surface area contributed by atoms with Crippen molar-refractivity contribution in [1.29, 1.82) is 16.6 Å². The maximum Gasteiger partial charge on any atom is 0.168 e. The molecule has 32 heavy (non-hydrogen) atoms. The van der Waals surface area contributed by atoms with Crippen LogP contribution in [0.3, 0.4) is 0 Å². The Morgan fingerprint density at radius 2 is 1.72 bits per heavy atom.